The summed E-state index contributed by atoms with van der Waals surface area (Å²) < 4.78 is 17.0. The third-order valence-electron chi connectivity index (χ3n) is 3.80. The molecule has 0 radical (unpaired) electrons. The van der Waals surface area contributed by atoms with Gasteiger partial charge in [-0.25, -0.2) is 9.97 Å². The molecule has 0 aliphatic carbocycles. The van der Waals surface area contributed by atoms with Gasteiger partial charge in [-0.2, -0.15) is 0 Å². The van der Waals surface area contributed by atoms with Crippen LogP contribution >= 0.6 is 12.0 Å². The summed E-state index contributed by atoms with van der Waals surface area (Å²) in [6.45, 7) is 6.67. The highest BCUT2D eigenvalue weighted by molar-refractivity contribution is 7.93. The number of ether oxygens (including phenoxy) is 2. The van der Waals surface area contributed by atoms with Crippen LogP contribution in [0.1, 0.15) is 25.4 Å². The second-order valence-electron chi connectivity index (χ2n) is 5.28. The predicted molar refractivity (Wildman–Crippen MR) is 81.8 cm³/mol. The van der Waals surface area contributed by atoms with Crippen molar-refractivity contribution < 1.29 is 13.7 Å². The van der Waals surface area contributed by atoms with Crippen LogP contribution in [0.15, 0.2) is 0 Å². The van der Waals surface area contributed by atoms with E-state index in [2.05, 4.69) is 23.7 Å². The van der Waals surface area contributed by atoms with Crippen molar-refractivity contribution in [2.24, 2.45) is 0 Å². The van der Waals surface area contributed by atoms with Gasteiger partial charge in [0.05, 0.1) is 25.3 Å². The molecule has 2 aliphatic heterocycles. The van der Waals surface area contributed by atoms with E-state index in [1.165, 1.54) is 12.0 Å². The van der Waals surface area contributed by atoms with Crippen LogP contribution in [0, 0.1) is 0 Å². The molecule has 0 saturated carbocycles. The molecule has 0 bridgehead atoms. The Balaban J connectivity index is 2.01. The predicted octanol–water partition coefficient (Wildman–Crippen LogP) is 1.82. The van der Waals surface area contributed by atoms with Gasteiger partial charge in [-0.05, 0) is 19.0 Å². The molecule has 0 spiro atoms. The van der Waals surface area contributed by atoms with Crippen molar-refractivity contribution in [2.75, 3.05) is 31.0 Å². The molecule has 1 unspecified atom stereocenters. The maximum absolute atomic E-state index is 5.93. The van der Waals surface area contributed by atoms with Gasteiger partial charge < -0.3 is 18.6 Å². The quantitative estimate of drug-likeness (QED) is 0.786. The molecule has 1 fully saturated rings. The van der Waals surface area contributed by atoms with E-state index in [1.807, 2.05) is 6.26 Å². The molecule has 6 nitrogen and oxygen atoms in total. The van der Waals surface area contributed by atoms with Crippen molar-refractivity contribution in [3.05, 3.63) is 11.5 Å². The van der Waals surface area contributed by atoms with Gasteiger partial charge in [-0.15, -0.1) is 0 Å². The standard InChI is InChI=1S/C14H21N3O3S/c1-4-12-15-11(8-20-21-3)13-14(16-12)17-9(2)5-18-6-10(17)7-19-13/h9-10H,4-8H2,1-3H3/t9-,10?/m1/s1. The first-order valence-corrected chi connectivity index (χ1v) is 8.43. The number of hydrogen-bond acceptors (Lipinski definition) is 7. The Bertz CT molecular complexity index is 514. The minimum atomic E-state index is 0.232. The highest BCUT2D eigenvalue weighted by atomic mass is 32.2. The maximum atomic E-state index is 5.93. The number of rotatable bonds is 4. The lowest BCUT2D eigenvalue weighted by Gasteiger charge is -2.44. The van der Waals surface area contributed by atoms with Crippen LogP contribution in [0.2, 0.25) is 0 Å². The van der Waals surface area contributed by atoms with Gasteiger partial charge in [0, 0.05) is 12.7 Å². The normalized spacial score (nSPS) is 24.2. The zero-order chi connectivity index (χ0) is 14.8. The average Bonchev–Trinajstić information content (AvgIpc) is 2.52. The summed E-state index contributed by atoms with van der Waals surface area (Å²) >= 11 is 1.33. The summed E-state index contributed by atoms with van der Waals surface area (Å²) in [4.78, 5) is 11.6. The Kier molecular flexibility index (Phi) is 4.51. The van der Waals surface area contributed by atoms with E-state index in [0.29, 0.717) is 25.9 Å². The lowest BCUT2D eigenvalue weighted by molar-refractivity contribution is 0.0480. The fraction of sp³-hybridized carbons (Fsp3) is 0.714. The molecule has 2 aliphatic rings. The molecular weight excluding hydrogens is 290 g/mol. The molecule has 1 aromatic rings. The van der Waals surface area contributed by atoms with E-state index in [4.69, 9.17) is 18.6 Å². The first-order chi connectivity index (χ1) is 10.2. The molecular formula is C14H21N3O3S. The third-order valence-corrected chi connectivity index (χ3v) is 4.15. The Morgan fingerprint density at radius 2 is 2.19 bits per heavy atom. The minimum absolute atomic E-state index is 0.232. The molecule has 116 valence electrons. The summed E-state index contributed by atoms with van der Waals surface area (Å²) in [6, 6.07) is 0.524. The van der Waals surface area contributed by atoms with Crippen LogP contribution in [0.5, 0.6) is 5.75 Å². The van der Waals surface area contributed by atoms with E-state index < -0.39 is 0 Å². The third kappa shape index (κ3) is 2.82. The Hall–Kier alpha value is -1.05. The lowest BCUT2D eigenvalue weighted by atomic mass is 10.1. The minimum Gasteiger partial charge on any atom is -0.486 e. The number of hydrogen-bond donors (Lipinski definition) is 0. The molecule has 0 N–H and O–H groups in total. The average molecular weight is 311 g/mol. The van der Waals surface area contributed by atoms with Crippen molar-refractivity contribution in [3.63, 3.8) is 0 Å². The van der Waals surface area contributed by atoms with Crippen LogP contribution in [0.3, 0.4) is 0 Å². The van der Waals surface area contributed by atoms with Crippen molar-refractivity contribution >= 4 is 17.9 Å². The first-order valence-electron chi connectivity index (χ1n) is 7.28. The van der Waals surface area contributed by atoms with Gasteiger partial charge >= 0.3 is 0 Å². The van der Waals surface area contributed by atoms with Gasteiger partial charge in [-0.1, -0.05) is 6.92 Å². The van der Waals surface area contributed by atoms with Crippen molar-refractivity contribution in [1.82, 2.24) is 9.97 Å². The number of nitrogens with zero attached hydrogens (tertiary/aromatic N) is 3. The second-order valence-corrected chi connectivity index (χ2v) is 5.85. The van der Waals surface area contributed by atoms with Crippen molar-refractivity contribution in [3.8, 4) is 5.75 Å². The number of morpholine rings is 1. The van der Waals surface area contributed by atoms with Crippen LogP contribution < -0.4 is 9.64 Å². The van der Waals surface area contributed by atoms with Crippen LogP contribution in [-0.2, 0) is 21.9 Å². The number of aryl methyl sites for hydroxylation is 1. The first kappa shape index (κ1) is 14.9. The summed E-state index contributed by atoms with van der Waals surface area (Å²) in [5, 5.41) is 0. The molecule has 3 heterocycles. The molecule has 1 saturated heterocycles. The van der Waals surface area contributed by atoms with E-state index in [-0.39, 0.29) is 6.04 Å². The van der Waals surface area contributed by atoms with Crippen LogP contribution in [-0.4, -0.2) is 48.1 Å². The van der Waals surface area contributed by atoms with Crippen molar-refractivity contribution in [1.29, 1.82) is 0 Å². The highest BCUT2D eigenvalue weighted by Gasteiger charge is 2.37. The van der Waals surface area contributed by atoms with E-state index >= 15 is 0 Å². The zero-order valence-corrected chi connectivity index (χ0v) is 13.5. The topological polar surface area (TPSA) is 56.7 Å². The SMILES string of the molecule is CCc1nc(COSC)c2c(n1)N1C(COC[C@H]1C)CO2. The van der Waals surface area contributed by atoms with Crippen molar-refractivity contribution in [2.45, 2.75) is 39.0 Å². The summed E-state index contributed by atoms with van der Waals surface area (Å²) in [5.41, 5.74) is 0.836. The van der Waals surface area contributed by atoms with Gasteiger partial charge in [0.1, 0.15) is 24.7 Å². The van der Waals surface area contributed by atoms with Crippen LogP contribution in [0.25, 0.3) is 0 Å². The molecule has 7 heteroatoms. The number of fused-ring (bicyclic) bond motifs is 3. The summed E-state index contributed by atoms with van der Waals surface area (Å²) in [6.07, 6.45) is 2.69. The van der Waals surface area contributed by atoms with Gasteiger partial charge in [0.15, 0.2) is 11.6 Å². The Morgan fingerprint density at radius 1 is 1.33 bits per heavy atom. The monoisotopic (exact) mass is 311 g/mol. The Morgan fingerprint density at radius 3 is 2.95 bits per heavy atom. The molecule has 2 atom stereocenters. The zero-order valence-electron chi connectivity index (χ0n) is 12.7. The molecule has 0 aromatic carbocycles. The van der Waals surface area contributed by atoms with Gasteiger partial charge in [0.2, 0.25) is 0 Å². The summed E-state index contributed by atoms with van der Waals surface area (Å²) in [7, 11) is 0. The fourth-order valence-electron chi connectivity index (χ4n) is 2.81. The smallest absolute Gasteiger partial charge is 0.185 e. The van der Waals surface area contributed by atoms with Gasteiger partial charge in [0.25, 0.3) is 0 Å². The molecule has 0 amide bonds. The summed E-state index contributed by atoms with van der Waals surface area (Å²) in [5.74, 6) is 2.50. The molecule has 3 rings (SSSR count). The van der Waals surface area contributed by atoms with E-state index in [9.17, 15) is 0 Å². The van der Waals surface area contributed by atoms with E-state index in [0.717, 1.165) is 36.1 Å². The van der Waals surface area contributed by atoms with Gasteiger partial charge in [-0.3, -0.25) is 0 Å². The fourth-order valence-corrected chi connectivity index (χ4v) is 3.04. The van der Waals surface area contributed by atoms with E-state index in [1.54, 1.807) is 0 Å². The number of anilines is 1. The number of aromatic nitrogens is 2. The molecule has 21 heavy (non-hydrogen) atoms. The maximum Gasteiger partial charge on any atom is 0.185 e. The Labute approximate surface area is 129 Å². The lowest BCUT2D eigenvalue weighted by Crippen LogP contribution is -2.56. The largest absolute Gasteiger partial charge is 0.486 e. The second kappa shape index (κ2) is 6.37. The molecule has 1 aromatic heterocycles. The highest BCUT2D eigenvalue weighted by Crippen LogP contribution is 2.37. The van der Waals surface area contributed by atoms with Crippen LogP contribution in [0.4, 0.5) is 5.82 Å².